The third-order valence-electron chi connectivity index (χ3n) is 11.3. The number of nitrogens with zero attached hydrogens (tertiary/aromatic N) is 2. The summed E-state index contributed by atoms with van der Waals surface area (Å²) in [4.78, 5) is 0. The first-order chi connectivity index (χ1) is 27.8. The van der Waals surface area contributed by atoms with E-state index in [4.69, 9.17) is 0 Å². The van der Waals surface area contributed by atoms with Gasteiger partial charge in [-0.2, -0.15) is 0 Å². The fraction of sp³-hybridized carbons (Fsp3) is 0. The average molecular weight is 713 g/mol. The summed E-state index contributed by atoms with van der Waals surface area (Å²) >= 11 is 0. The minimum Gasteiger partial charge on any atom is -0.309 e. The van der Waals surface area contributed by atoms with Crippen molar-refractivity contribution in [2.24, 2.45) is 0 Å². The molecule has 0 aliphatic rings. The molecule has 262 valence electrons. The maximum absolute atomic E-state index is 2.43. The lowest BCUT2D eigenvalue weighted by Gasteiger charge is -2.14. The maximum atomic E-state index is 2.43. The van der Waals surface area contributed by atoms with Gasteiger partial charge in [-0.15, -0.1) is 0 Å². The highest BCUT2D eigenvalue weighted by Gasteiger charge is 2.18. The molecule has 0 bridgehead atoms. The van der Waals surface area contributed by atoms with Gasteiger partial charge in [0.2, 0.25) is 0 Å². The molecule has 56 heavy (non-hydrogen) atoms. The first kappa shape index (κ1) is 32.0. The van der Waals surface area contributed by atoms with E-state index >= 15 is 0 Å². The first-order valence-electron chi connectivity index (χ1n) is 19.3. The molecular weight excluding hydrogens is 677 g/mol. The zero-order valence-electron chi connectivity index (χ0n) is 30.7. The SMILES string of the molecule is c1ccc(-c2cccc(-n3c4ccc(-c5ccccc5)cc4c4cc(-c5ccc6c(c5)c5ccccc5n6-c5ccccc5-c5ccccc5)ccc43)c2)cc1. The first-order valence-corrected chi connectivity index (χ1v) is 19.3. The van der Waals surface area contributed by atoms with Crippen molar-refractivity contribution >= 4 is 43.6 Å². The van der Waals surface area contributed by atoms with Crippen molar-refractivity contribution < 1.29 is 0 Å². The lowest BCUT2D eigenvalue weighted by atomic mass is 9.99. The van der Waals surface area contributed by atoms with Crippen LogP contribution in [0, 0.1) is 0 Å². The van der Waals surface area contributed by atoms with Crippen LogP contribution < -0.4 is 0 Å². The normalized spacial score (nSPS) is 11.6. The minimum absolute atomic E-state index is 1.15. The van der Waals surface area contributed by atoms with Crippen molar-refractivity contribution in [3.05, 3.63) is 218 Å². The van der Waals surface area contributed by atoms with Gasteiger partial charge >= 0.3 is 0 Å². The van der Waals surface area contributed by atoms with E-state index < -0.39 is 0 Å². The third-order valence-corrected chi connectivity index (χ3v) is 11.3. The summed E-state index contributed by atoms with van der Waals surface area (Å²) in [6.07, 6.45) is 0. The molecule has 0 amide bonds. The van der Waals surface area contributed by atoms with Crippen LogP contribution >= 0.6 is 0 Å². The molecule has 11 rings (SSSR count). The van der Waals surface area contributed by atoms with Crippen molar-refractivity contribution in [2.75, 3.05) is 0 Å². The second-order valence-electron chi connectivity index (χ2n) is 14.5. The second-order valence-corrected chi connectivity index (χ2v) is 14.5. The van der Waals surface area contributed by atoms with Crippen LogP contribution in [0.15, 0.2) is 218 Å². The van der Waals surface area contributed by atoms with Crippen molar-refractivity contribution in [3.63, 3.8) is 0 Å². The number of hydrogen-bond donors (Lipinski definition) is 0. The number of aromatic nitrogens is 2. The predicted octanol–water partition coefficient (Wildman–Crippen LogP) is 14.5. The van der Waals surface area contributed by atoms with Crippen LogP contribution in [0.4, 0.5) is 0 Å². The van der Waals surface area contributed by atoms with Crippen LogP contribution in [-0.2, 0) is 0 Å². The van der Waals surface area contributed by atoms with Gasteiger partial charge in [0.05, 0.1) is 27.8 Å². The summed E-state index contributed by atoms with van der Waals surface area (Å²) < 4.78 is 4.86. The highest BCUT2D eigenvalue weighted by molar-refractivity contribution is 6.13. The summed E-state index contributed by atoms with van der Waals surface area (Å²) in [5.41, 5.74) is 16.8. The van der Waals surface area contributed by atoms with Gasteiger partial charge in [0.15, 0.2) is 0 Å². The molecule has 0 saturated carbocycles. The van der Waals surface area contributed by atoms with Crippen LogP contribution in [0.25, 0.3) is 99.5 Å². The van der Waals surface area contributed by atoms with Crippen molar-refractivity contribution in [2.45, 2.75) is 0 Å². The summed E-state index contributed by atoms with van der Waals surface area (Å²) in [6.45, 7) is 0. The molecule has 0 saturated heterocycles. The van der Waals surface area contributed by atoms with Gasteiger partial charge in [-0.05, 0) is 99.6 Å². The van der Waals surface area contributed by atoms with E-state index in [9.17, 15) is 0 Å². The molecular formula is C54H36N2. The number of hydrogen-bond acceptors (Lipinski definition) is 0. The van der Waals surface area contributed by atoms with Crippen molar-refractivity contribution in [1.29, 1.82) is 0 Å². The number of fused-ring (bicyclic) bond motifs is 6. The van der Waals surface area contributed by atoms with Gasteiger partial charge in [0.1, 0.15) is 0 Å². The second kappa shape index (κ2) is 13.2. The molecule has 0 fully saturated rings. The summed E-state index contributed by atoms with van der Waals surface area (Å²) in [7, 11) is 0. The molecule has 2 heterocycles. The number of rotatable bonds is 6. The molecule has 0 radical (unpaired) electrons. The number of benzene rings is 9. The van der Waals surface area contributed by atoms with E-state index in [0.29, 0.717) is 0 Å². The van der Waals surface area contributed by atoms with E-state index in [2.05, 4.69) is 228 Å². The van der Waals surface area contributed by atoms with Gasteiger partial charge in [-0.3, -0.25) is 0 Å². The Labute approximate surface area is 325 Å². The molecule has 2 heteroatoms. The van der Waals surface area contributed by atoms with E-state index in [1.807, 2.05) is 0 Å². The molecule has 2 aromatic heterocycles. The quantitative estimate of drug-likeness (QED) is 0.162. The van der Waals surface area contributed by atoms with E-state index in [0.717, 1.165) is 5.69 Å². The summed E-state index contributed by atoms with van der Waals surface area (Å²) in [5, 5.41) is 4.96. The monoisotopic (exact) mass is 712 g/mol. The fourth-order valence-electron chi connectivity index (χ4n) is 8.69. The highest BCUT2D eigenvalue weighted by Crippen LogP contribution is 2.41. The standard InChI is InChI=1S/C54H36N2/c1-4-15-37(16-5-1)40-21-14-22-44(33-40)55-52-30-27-41(38-17-6-2-7-18-38)34-48(52)49-36-43(28-31-53(49)55)42-29-32-54-47(35-42)46-24-11-13-26-51(46)56(54)50-25-12-10-23-45(50)39-19-8-3-9-20-39/h1-36H. The lowest BCUT2D eigenvalue weighted by Crippen LogP contribution is -1.97. The third kappa shape index (κ3) is 5.26. The smallest absolute Gasteiger partial charge is 0.0541 e. The van der Waals surface area contributed by atoms with Crippen LogP contribution in [0.5, 0.6) is 0 Å². The molecule has 0 atom stereocenters. The molecule has 2 nitrogen and oxygen atoms in total. The average Bonchev–Trinajstić information content (AvgIpc) is 3.79. The van der Waals surface area contributed by atoms with Crippen molar-refractivity contribution in [3.8, 4) is 55.9 Å². The Morgan fingerprint density at radius 2 is 0.661 bits per heavy atom. The van der Waals surface area contributed by atoms with Crippen LogP contribution in [0.1, 0.15) is 0 Å². The molecule has 11 aromatic rings. The zero-order valence-corrected chi connectivity index (χ0v) is 30.7. The van der Waals surface area contributed by atoms with Gasteiger partial charge in [-0.1, -0.05) is 158 Å². The van der Waals surface area contributed by atoms with Gasteiger partial charge in [-0.25, -0.2) is 0 Å². The van der Waals surface area contributed by atoms with Crippen LogP contribution in [-0.4, -0.2) is 9.13 Å². The minimum atomic E-state index is 1.15. The molecule has 0 spiro atoms. The maximum Gasteiger partial charge on any atom is 0.0541 e. The largest absolute Gasteiger partial charge is 0.309 e. The Morgan fingerprint density at radius 3 is 1.29 bits per heavy atom. The topological polar surface area (TPSA) is 9.86 Å². The van der Waals surface area contributed by atoms with Gasteiger partial charge in [0.25, 0.3) is 0 Å². The number of para-hydroxylation sites is 2. The predicted molar refractivity (Wildman–Crippen MR) is 237 cm³/mol. The van der Waals surface area contributed by atoms with Gasteiger partial charge < -0.3 is 9.13 Å². The van der Waals surface area contributed by atoms with E-state index in [-0.39, 0.29) is 0 Å². The molecule has 0 aliphatic carbocycles. The van der Waals surface area contributed by atoms with E-state index in [1.54, 1.807) is 0 Å². The van der Waals surface area contributed by atoms with E-state index in [1.165, 1.54) is 93.8 Å². The van der Waals surface area contributed by atoms with Crippen LogP contribution in [0.3, 0.4) is 0 Å². The molecule has 0 unspecified atom stereocenters. The Morgan fingerprint density at radius 1 is 0.232 bits per heavy atom. The van der Waals surface area contributed by atoms with Crippen molar-refractivity contribution in [1.82, 2.24) is 9.13 Å². The summed E-state index contributed by atoms with van der Waals surface area (Å²) in [6, 6.07) is 79.4. The van der Waals surface area contributed by atoms with Crippen LogP contribution in [0.2, 0.25) is 0 Å². The Bertz CT molecular complexity index is 3220. The zero-order chi connectivity index (χ0) is 37.0. The Kier molecular flexibility index (Phi) is 7.53. The molecule has 0 aliphatic heterocycles. The Hall–Kier alpha value is -7.42. The molecule has 0 N–H and O–H groups in total. The Balaban J connectivity index is 1.11. The van der Waals surface area contributed by atoms with Gasteiger partial charge in [0, 0.05) is 32.8 Å². The fourth-order valence-corrected chi connectivity index (χ4v) is 8.69. The highest BCUT2D eigenvalue weighted by atomic mass is 15.0. The molecule has 9 aromatic carbocycles. The summed E-state index contributed by atoms with van der Waals surface area (Å²) in [5.74, 6) is 0. The lowest BCUT2D eigenvalue weighted by molar-refractivity contribution is 1.18.